The van der Waals surface area contributed by atoms with Gasteiger partial charge in [-0.05, 0) is 37.5 Å². The van der Waals surface area contributed by atoms with Crippen molar-refractivity contribution in [2.24, 2.45) is 11.3 Å². The van der Waals surface area contributed by atoms with Crippen LogP contribution in [0.25, 0.3) is 0 Å². The Hall–Kier alpha value is -1.06. The van der Waals surface area contributed by atoms with E-state index in [1.165, 1.54) is 0 Å². The van der Waals surface area contributed by atoms with Gasteiger partial charge in [0.2, 0.25) is 5.91 Å². The van der Waals surface area contributed by atoms with Crippen LogP contribution in [0.1, 0.15) is 52.4 Å². The minimum Gasteiger partial charge on any atom is -0.481 e. The van der Waals surface area contributed by atoms with Crippen LogP contribution >= 0.6 is 0 Å². The van der Waals surface area contributed by atoms with E-state index in [0.29, 0.717) is 24.8 Å². The van der Waals surface area contributed by atoms with Crippen molar-refractivity contribution >= 4 is 11.9 Å². The van der Waals surface area contributed by atoms with E-state index in [-0.39, 0.29) is 17.9 Å². The lowest BCUT2D eigenvalue weighted by atomic mass is 9.75. The molecule has 4 nitrogen and oxygen atoms in total. The second kappa shape index (κ2) is 4.90. The van der Waals surface area contributed by atoms with E-state index in [0.717, 1.165) is 25.7 Å². The Labute approximate surface area is 108 Å². The average molecular weight is 253 g/mol. The standard InChI is InChI=1S/C14H23NO3/c1-14(2)7-5-11(6-8-14)15-9-10(13(17)18)3-4-12(15)16/h10-11H,3-9H2,1-2H3,(H,17,18). The maximum Gasteiger partial charge on any atom is 0.308 e. The van der Waals surface area contributed by atoms with Crippen LogP contribution in [-0.4, -0.2) is 34.5 Å². The first-order valence-electron chi connectivity index (χ1n) is 6.91. The lowest BCUT2D eigenvalue weighted by molar-refractivity contribution is -0.149. The molecule has 1 heterocycles. The number of hydrogen-bond acceptors (Lipinski definition) is 2. The third kappa shape index (κ3) is 2.85. The summed E-state index contributed by atoms with van der Waals surface area (Å²) in [5, 5.41) is 9.09. The molecule has 4 heteroatoms. The number of carbonyl (C=O) groups excluding carboxylic acids is 1. The first-order valence-corrected chi connectivity index (χ1v) is 6.91. The third-order valence-corrected chi connectivity index (χ3v) is 4.54. The first kappa shape index (κ1) is 13.4. The highest BCUT2D eigenvalue weighted by molar-refractivity contribution is 5.80. The molecular formula is C14H23NO3. The summed E-state index contributed by atoms with van der Waals surface area (Å²) in [5.74, 6) is -0.974. The molecule has 0 aromatic rings. The molecule has 1 atom stereocenters. The highest BCUT2D eigenvalue weighted by atomic mass is 16.4. The van der Waals surface area contributed by atoms with E-state index in [9.17, 15) is 9.59 Å². The van der Waals surface area contributed by atoms with E-state index in [4.69, 9.17) is 5.11 Å². The molecular weight excluding hydrogens is 230 g/mol. The van der Waals surface area contributed by atoms with Crippen molar-refractivity contribution in [1.82, 2.24) is 4.90 Å². The van der Waals surface area contributed by atoms with Crippen LogP contribution in [0, 0.1) is 11.3 Å². The second-order valence-corrected chi connectivity index (χ2v) is 6.52. The summed E-state index contributed by atoms with van der Waals surface area (Å²) >= 11 is 0. The average Bonchev–Trinajstić information content (AvgIpc) is 2.30. The zero-order valence-corrected chi connectivity index (χ0v) is 11.3. The van der Waals surface area contributed by atoms with Crippen LogP contribution in [0.15, 0.2) is 0 Å². The van der Waals surface area contributed by atoms with Crippen molar-refractivity contribution in [3.8, 4) is 0 Å². The topological polar surface area (TPSA) is 57.6 Å². The highest BCUT2D eigenvalue weighted by Crippen LogP contribution is 2.38. The van der Waals surface area contributed by atoms with Crippen molar-refractivity contribution in [3.63, 3.8) is 0 Å². The van der Waals surface area contributed by atoms with Gasteiger partial charge in [0, 0.05) is 19.0 Å². The Morgan fingerprint density at radius 3 is 2.44 bits per heavy atom. The predicted octanol–water partition coefficient (Wildman–Crippen LogP) is 2.28. The van der Waals surface area contributed by atoms with Crippen LogP contribution in [0.4, 0.5) is 0 Å². The molecule has 0 spiro atoms. The fourth-order valence-corrected chi connectivity index (χ4v) is 3.12. The summed E-state index contributed by atoms with van der Waals surface area (Å²) in [6.45, 7) is 4.95. The monoisotopic (exact) mass is 253 g/mol. The molecule has 102 valence electrons. The molecule has 0 aromatic carbocycles. The van der Waals surface area contributed by atoms with Gasteiger partial charge in [0.15, 0.2) is 0 Å². The van der Waals surface area contributed by atoms with Gasteiger partial charge in [-0.3, -0.25) is 9.59 Å². The Balaban J connectivity index is 1.98. The van der Waals surface area contributed by atoms with Gasteiger partial charge >= 0.3 is 5.97 Å². The van der Waals surface area contributed by atoms with Crippen molar-refractivity contribution in [2.75, 3.05) is 6.54 Å². The van der Waals surface area contributed by atoms with Gasteiger partial charge in [0.1, 0.15) is 0 Å². The van der Waals surface area contributed by atoms with Gasteiger partial charge in [-0.1, -0.05) is 13.8 Å². The van der Waals surface area contributed by atoms with Crippen LogP contribution in [0.2, 0.25) is 0 Å². The Morgan fingerprint density at radius 1 is 1.28 bits per heavy atom. The Morgan fingerprint density at radius 2 is 1.89 bits per heavy atom. The lowest BCUT2D eigenvalue weighted by Gasteiger charge is -2.42. The molecule has 1 saturated carbocycles. The summed E-state index contributed by atoms with van der Waals surface area (Å²) < 4.78 is 0. The van der Waals surface area contributed by atoms with Crippen LogP contribution in [-0.2, 0) is 9.59 Å². The number of amides is 1. The number of piperidine rings is 1. The molecule has 1 aliphatic heterocycles. The van der Waals surface area contributed by atoms with Crippen molar-refractivity contribution in [2.45, 2.75) is 58.4 Å². The van der Waals surface area contributed by atoms with E-state index >= 15 is 0 Å². The van der Waals surface area contributed by atoms with Crippen molar-refractivity contribution < 1.29 is 14.7 Å². The Bertz CT molecular complexity index is 341. The number of nitrogens with zero attached hydrogens (tertiary/aromatic N) is 1. The second-order valence-electron chi connectivity index (χ2n) is 6.52. The molecule has 1 amide bonds. The summed E-state index contributed by atoms with van der Waals surface area (Å²) in [4.78, 5) is 24.9. The zero-order chi connectivity index (χ0) is 13.3. The SMILES string of the molecule is CC1(C)CCC(N2CC(C(=O)O)CCC2=O)CC1. The van der Waals surface area contributed by atoms with E-state index in [1.807, 2.05) is 4.90 Å². The predicted molar refractivity (Wildman–Crippen MR) is 68.1 cm³/mol. The molecule has 1 unspecified atom stereocenters. The van der Waals surface area contributed by atoms with E-state index in [2.05, 4.69) is 13.8 Å². The van der Waals surface area contributed by atoms with Crippen LogP contribution < -0.4 is 0 Å². The molecule has 0 radical (unpaired) electrons. The number of rotatable bonds is 2. The number of carboxylic acid groups (broad SMARTS) is 1. The van der Waals surface area contributed by atoms with Gasteiger partial charge < -0.3 is 10.0 Å². The van der Waals surface area contributed by atoms with E-state index in [1.54, 1.807) is 0 Å². The highest BCUT2D eigenvalue weighted by Gasteiger charge is 2.37. The van der Waals surface area contributed by atoms with Gasteiger partial charge in [0.25, 0.3) is 0 Å². The summed E-state index contributed by atoms with van der Waals surface area (Å²) in [5.41, 5.74) is 0.377. The summed E-state index contributed by atoms with van der Waals surface area (Å²) in [6.07, 6.45) is 5.19. The summed E-state index contributed by atoms with van der Waals surface area (Å²) in [6, 6.07) is 0.271. The number of aliphatic carboxylic acids is 1. The number of carboxylic acids is 1. The third-order valence-electron chi connectivity index (χ3n) is 4.54. The number of hydrogen-bond donors (Lipinski definition) is 1. The van der Waals surface area contributed by atoms with Gasteiger partial charge in [0.05, 0.1) is 5.92 Å². The molecule has 1 N–H and O–H groups in total. The van der Waals surface area contributed by atoms with Crippen LogP contribution in [0.5, 0.6) is 0 Å². The lowest BCUT2D eigenvalue weighted by Crippen LogP contribution is -2.49. The molecule has 2 rings (SSSR count). The zero-order valence-electron chi connectivity index (χ0n) is 11.3. The normalized spacial score (nSPS) is 29.3. The van der Waals surface area contributed by atoms with Gasteiger partial charge in [-0.15, -0.1) is 0 Å². The van der Waals surface area contributed by atoms with Gasteiger partial charge in [-0.25, -0.2) is 0 Å². The van der Waals surface area contributed by atoms with Crippen LogP contribution in [0.3, 0.4) is 0 Å². The van der Waals surface area contributed by atoms with Crippen molar-refractivity contribution in [3.05, 3.63) is 0 Å². The largest absolute Gasteiger partial charge is 0.481 e. The minimum absolute atomic E-state index is 0.150. The molecule has 0 bridgehead atoms. The molecule has 18 heavy (non-hydrogen) atoms. The quantitative estimate of drug-likeness (QED) is 0.821. The summed E-state index contributed by atoms with van der Waals surface area (Å²) in [7, 11) is 0. The maximum absolute atomic E-state index is 12.0. The fourth-order valence-electron chi connectivity index (χ4n) is 3.12. The van der Waals surface area contributed by atoms with Crippen molar-refractivity contribution in [1.29, 1.82) is 0 Å². The number of carbonyl (C=O) groups is 2. The molecule has 0 aromatic heterocycles. The fraction of sp³-hybridized carbons (Fsp3) is 0.857. The first-order chi connectivity index (χ1) is 8.39. The molecule has 1 aliphatic carbocycles. The minimum atomic E-state index is -0.761. The number of likely N-dealkylation sites (tertiary alicyclic amines) is 1. The molecule has 1 saturated heterocycles. The van der Waals surface area contributed by atoms with E-state index < -0.39 is 5.97 Å². The molecule has 2 fully saturated rings. The Kier molecular flexibility index (Phi) is 3.64. The van der Waals surface area contributed by atoms with Gasteiger partial charge in [-0.2, -0.15) is 0 Å². The smallest absolute Gasteiger partial charge is 0.308 e. The molecule has 2 aliphatic rings. The maximum atomic E-state index is 12.0.